The first-order chi connectivity index (χ1) is 12.0. The minimum absolute atomic E-state index is 0.187. The molecule has 0 atom stereocenters. The van der Waals surface area contributed by atoms with Crippen LogP contribution in [0.4, 0.5) is 5.69 Å². The first-order valence-corrected chi connectivity index (χ1v) is 8.62. The van der Waals surface area contributed by atoms with Gasteiger partial charge >= 0.3 is 0 Å². The number of rotatable bonds is 7. The molecule has 0 unspecified atom stereocenters. The molecule has 2 heterocycles. The number of aryl methyl sites for hydroxylation is 2. The van der Waals surface area contributed by atoms with Crippen molar-refractivity contribution in [2.75, 3.05) is 11.9 Å². The van der Waals surface area contributed by atoms with Gasteiger partial charge in [-0.2, -0.15) is 5.10 Å². The molecule has 1 amide bonds. The molecule has 7 nitrogen and oxygen atoms in total. The molecule has 25 heavy (non-hydrogen) atoms. The monoisotopic (exact) mass is 361 g/mol. The number of carbonyl (C=O) groups excluding carboxylic acids is 1. The van der Waals surface area contributed by atoms with Crippen LogP contribution in [0.15, 0.2) is 24.4 Å². The van der Waals surface area contributed by atoms with Crippen LogP contribution in [0.2, 0.25) is 0 Å². The molecule has 0 aromatic carbocycles. The summed E-state index contributed by atoms with van der Waals surface area (Å²) < 4.78 is 7.19. The first kappa shape index (κ1) is 18.9. The van der Waals surface area contributed by atoms with Crippen LogP contribution < -0.4 is 15.4 Å². The van der Waals surface area contributed by atoms with Gasteiger partial charge < -0.3 is 10.1 Å². The Labute approximate surface area is 152 Å². The van der Waals surface area contributed by atoms with Crippen molar-refractivity contribution in [3.63, 3.8) is 0 Å². The predicted octanol–water partition coefficient (Wildman–Crippen LogP) is 2.82. The van der Waals surface area contributed by atoms with Crippen molar-refractivity contribution in [1.29, 1.82) is 0 Å². The smallest absolute Gasteiger partial charge is 0.277 e. The molecule has 0 fully saturated rings. The number of thiocarbonyl (C=S) groups is 1. The number of nitrogens with zero attached hydrogens (tertiary/aromatic N) is 3. The molecule has 2 aromatic heterocycles. The third kappa shape index (κ3) is 5.82. The van der Waals surface area contributed by atoms with E-state index in [0.29, 0.717) is 23.9 Å². The minimum Gasteiger partial charge on any atom is -0.478 e. The van der Waals surface area contributed by atoms with Gasteiger partial charge in [-0.15, -0.1) is 0 Å². The summed E-state index contributed by atoms with van der Waals surface area (Å²) in [4.78, 5) is 16.3. The van der Waals surface area contributed by atoms with Crippen molar-refractivity contribution in [3.05, 3.63) is 35.8 Å². The molecular weight excluding hydrogens is 338 g/mol. The predicted molar refractivity (Wildman–Crippen MR) is 101 cm³/mol. The molecule has 0 aliphatic rings. The zero-order chi connectivity index (χ0) is 18.2. The molecule has 0 radical (unpaired) electrons. The summed E-state index contributed by atoms with van der Waals surface area (Å²) >= 11 is 5.15. The summed E-state index contributed by atoms with van der Waals surface area (Å²) in [7, 11) is 1.78. The van der Waals surface area contributed by atoms with Gasteiger partial charge in [-0.1, -0.05) is 19.8 Å². The number of unbranched alkanes of at least 4 members (excludes halogenated alkanes) is 2. The third-order valence-electron chi connectivity index (χ3n) is 3.57. The molecule has 2 aromatic rings. The van der Waals surface area contributed by atoms with E-state index in [9.17, 15) is 4.79 Å². The van der Waals surface area contributed by atoms with Gasteiger partial charge in [0.15, 0.2) is 10.8 Å². The van der Waals surface area contributed by atoms with Crippen LogP contribution in [-0.4, -0.2) is 32.4 Å². The molecule has 8 heteroatoms. The van der Waals surface area contributed by atoms with Gasteiger partial charge in [-0.3, -0.25) is 14.8 Å². The Morgan fingerprint density at radius 1 is 1.36 bits per heavy atom. The zero-order valence-corrected chi connectivity index (χ0v) is 15.5. The Morgan fingerprint density at radius 2 is 2.16 bits per heavy atom. The molecule has 2 N–H and O–H groups in total. The van der Waals surface area contributed by atoms with Gasteiger partial charge in [0.25, 0.3) is 5.91 Å². The van der Waals surface area contributed by atoms with Gasteiger partial charge in [0, 0.05) is 18.8 Å². The number of nitrogens with one attached hydrogen (secondary N) is 2. The second kappa shape index (κ2) is 9.12. The lowest BCUT2D eigenvalue weighted by Gasteiger charge is -2.09. The van der Waals surface area contributed by atoms with Crippen LogP contribution in [0.1, 0.15) is 42.4 Å². The number of anilines is 1. The maximum atomic E-state index is 12.1. The van der Waals surface area contributed by atoms with Crippen LogP contribution in [0.3, 0.4) is 0 Å². The van der Waals surface area contributed by atoms with E-state index in [1.165, 1.54) is 0 Å². The van der Waals surface area contributed by atoms with Crippen molar-refractivity contribution >= 4 is 28.9 Å². The molecule has 0 aliphatic carbocycles. The fraction of sp³-hybridized carbons (Fsp3) is 0.412. The van der Waals surface area contributed by atoms with Gasteiger partial charge in [-0.05, 0) is 37.7 Å². The maximum absolute atomic E-state index is 12.1. The first-order valence-electron chi connectivity index (χ1n) is 8.21. The molecule has 0 saturated heterocycles. The van der Waals surface area contributed by atoms with E-state index in [1.54, 1.807) is 36.1 Å². The van der Waals surface area contributed by atoms with Gasteiger partial charge in [-0.25, -0.2) is 4.98 Å². The van der Waals surface area contributed by atoms with Crippen molar-refractivity contribution in [2.24, 2.45) is 7.05 Å². The number of carbonyl (C=O) groups is 1. The van der Waals surface area contributed by atoms with Crippen LogP contribution >= 0.6 is 12.2 Å². The molecule has 134 valence electrons. The molecule has 2 rings (SSSR count). The average Bonchev–Trinajstić information content (AvgIpc) is 2.92. The minimum atomic E-state index is -0.356. The molecule has 0 bridgehead atoms. The summed E-state index contributed by atoms with van der Waals surface area (Å²) in [6.07, 6.45) is 4.92. The van der Waals surface area contributed by atoms with E-state index in [4.69, 9.17) is 17.0 Å². The normalized spacial score (nSPS) is 10.4. The second-order valence-electron chi connectivity index (χ2n) is 5.64. The number of ether oxygens (including phenoxy) is 1. The van der Waals surface area contributed by atoms with Crippen LogP contribution in [-0.2, 0) is 7.05 Å². The number of amides is 1. The molecular formula is C17H23N5O2S. The fourth-order valence-electron chi connectivity index (χ4n) is 2.07. The average molecular weight is 361 g/mol. The lowest BCUT2D eigenvalue weighted by Crippen LogP contribution is -2.34. The van der Waals surface area contributed by atoms with Crippen molar-refractivity contribution in [1.82, 2.24) is 20.1 Å². The van der Waals surface area contributed by atoms with Gasteiger partial charge in [0.2, 0.25) is 5.88 Å². The highest BCUT2D eigenvalue weighted by Crippen LogP contribution is 2.12. The van der Waals surface area contributed by atoms with Crippen molar-refractivity contribution < 1.29 is 9.53 Å². The zero-order valence-electron chi connectivity index (χ0n) is 14.7. The topological polar surface area (TPSA) is 81.1 Å². The highest BCUT2D eigenvalue weighted by atomic mass is 32.1. The maximum Gasteiger partial charge on any atom is 0.277 e. The molecule has 0 aliphatic heterocycles. The standard InChI is InChI=1S/C17H23N5O2S/c1-4-5-6-9-24-15-8-7-13(11-18-15)19-17(25)20-16(23)14-10-12(2)22(3)21-14/h7-8,10-11H,4-6,9H2,1-3H3,(H2,19,20,23,25). The summed E-state index contributed by atoms with van der Waals surface area (Å²) in [6.45, 7) is 4.68. The lowest BCUT2D eigenvalue weighted by atomic mass is 10.3. The van der Waals surface area contributed by atoms with E-state index in [0.717, 1.165) is 25.0 Å². The highest BCUT2D eigenvalue weighted by Gasteiger charge is 2.12. The number of hydrogen-bond donors (Lipinski definition) is 2. The molecule has 0 saturated carbocycles. The second-order valence-corrected chi connectivity index (χ2v) is 6.05. The summed E-state index contributed by atoms with van der Waals surface area (Å²) in [5, 5.41) is 9.81. The third-order valence-corrected chi connectivity index (χ3v) is 3.77. The Bertz CT molecular complexity index is 708. The van der Waals surface area contributed by atoms with Crippen molar-refractivity contribution in [3.8, 4) is 5.88 Å². The summed E-state index contributed by atoms with van der Waals surface area (Å²) in [5.74, 6) is 0.214. The lowest BCUT2D eigenvalue weighted by molar-refractivity contribution is 0.0972. The Morgan fingerprint density at radius 3 is 2.76 bits per heavy atom. The molecule has 0 spiro atoms. The van der Waals surface area contributed by atoms with E-state index in [2.05, 4.69) is 27.6 Å². The van der Waals surface area contributed by atoms with E-state index in [-0.39, 0.29) is 11.0 Å². The van der Waals surface area contributed by atoms with Gasteiger partial charge in [0.1, 0.15) is 0 Å². The number of pyridine rings is 1. The van der Waals surface area contributed by atoms with E-state index >= 15 is 0 Å². The fourth-order valence-corrected chi connectivity index (χ4v) is 2.28. The number of aromatic nitrogens is 3. The summed E-state index contributed by atoms with van der Waals surface area (Å²) in [6, 6.07) is 5.26. The van der Waals surface area contributed by atoms with Gasteiger partial charge in [0.05, 0.1) is 18.5 Å². The highest BCUT2D eigenvalue weighted by molar-refractivity contribution is 7.80. The van der Waals surface area contributed by atoms with Crippen LogP contribution in [0.5, 0.6) is 5.88 Å². The van der Waals surface area contributed by atoms with Crippen LogP contribution in [0.25, 0.3) is 0 Å². The van der Waals surface area contributed by atoms with E-state index in [1.807, 2.05) is 6.92 Å². The number of hydrogen-bond acceptors (Lipinski definition) is 5. The van der Waals surface area contributed by atoms with Crippen LogP contribution in [0, 0.1) is 6.92 Å². The quantitative estimate of drug-likeness (QED) is 0.583. The van der Waals surface area contributed by atoms with Crippen molar-refractivity contribution in [2.45, 2.75) is 33.1 Å². The Balaban J connectivity index is 1.82. The van der Waals surface area contributed by atoms with E-state index < -0.39 is 0 Å². The Kier molecular flexibility index (Phi) is 6.88. The largest absolute Gasteiger partial charge is 0.478 e. The summed E-state index contributed by atoms with van der Waals surface area (Å²) in [5.41, 5.74) is 1.88. The SMILES string of the molecule is CCCCCOc1ccc(NC(=S)NC(=O)c2cc(C)n(C)n2)cn1. The Hall–Kier alpha value is -2.48.